The van der Waals surface area contributed by atoms with E-state index >= 15 is 0 Å². The van der Waals surface area contributed by atoms with Crippen molar-refractivity contribution in [3.63, 3.8) is 0 Å². The molecule has 0 bridgehead atoms. The number of ether oxygens (including phenoxy) is 1. The van der Waals surface area contributed by atoms with Crippen molar-refractivity contribution in [3.05, 3.63) is 60.2 Å². The molecule has 0 saturated heterocycles. The molecule has 4 nitrogen and oxygen atoms in total. The summed E-state index contributed by atoms with van der Waals surface area (Å²) in [5.41, 5.74) is 2.78. The summed E-state index contributed by atoms with van der Waals surface area (Å²) in [5.74, 6) is 0.649. The number of benzene rings is 2. The Morgan fingerprint density at radius 1 is 1.08 bits per heavy atom. The Hall–Kier alpha value is -2.49. The van der Waals surface area contributed by atoms with Crippen molar-refractivity contribution in [1.29, 1.82) is 0 Å². The van der Waals surface area contributed by atoms with Gasteiger partial charge in [0.1, 0.15) is 5.75 Å². The van der Waals surface area contributed by atoms with Crippen molar-refractivity contribution in [2.24, 2.45) is 0 Å². The highest BCUT2D eigenvalue weighted by atomic mass is 16.5. The van der Waals surface area contributed by atoms with Crippen LogP contribution in [0.25, 0.3) is 0 Å². The number of nitrogens with zero attached hydrogens (tertiary/aromatic N) is 1. The fourth-order valence-electron chi connectivity index (χ4n) is 3.06. The van der Waals surface area contributed by atoms with E-state index in [1.54, 1.807) is 0 Å². The smallest absolute Gasteiger partial charge is 0.257 e. The molecule has 0 atom stereocenters. The van der Waals surface area contributed by atoms with Gasteiger partial charge in [0, 0.05) is 25.3 Å². The average Bonchev–Trinajstić information content (AvgIpc) is 2.64. The largest absolute Gasteiger partial charge is 0.484 e. The fourth-order valence-corrected chi connectivity index (χ4v) is 3.06. The van der Waals surface area contributed by atoms with Crippen LogP contribution in [0.1, 0.15) is 18.4 Å². The minimum absolute atomic E-state index is 0.0660. The standard InChI is InChI=1S/C20H24N2O2/c23-20(16-24-18-10-2-1-3-11-18)21-13-7-15-22-14-6-9-17-8-4-5-12-19(17)22/h1-5,8,10-12H,6-7,9,13-16H2,(H,21,23). The summed E-state index contributed by atoms with van der Waals surface area (Å²) in [5, 5.41) is 2.93. The van der Waals surface area contributed by atoms with Crippen LogP contribution in [0.15, 0.2) is 54.6 Å². The summed E-state index contributed by atoms with van der Waals surface area (Å²) < 4.78 is 5.44. The highest BCUT2D eigenvalue weighted by Gasteiger charge is 2.15. The molecule has 0 spiro atoms. The van der Waals surface area contributed by atoms with Gasteiger partial charge in [0.2, 0.25) is 0 Å². The Morgan fingerprint density at radius 3 is 2.75 bits per heavy atom. The van der Waals surface area contributed by atoms with Gasteiger partial charge in [0.15, 0.2) is 6.61 Å². The zero-order valence-corrected chi connectivity index (χ0v) is 13.9. The summed E-state index contributed by atoms with van der Waals surface area (Å²) in [6.07, 6.45) is 3.31. The van der Waals surface area contributed by atoms with Crippen molar-refractivity contribution < 1.29 is 9.53 Å². The van der Waals surface area contributed by atoms with Gasteiger partial charge in [-0.3, -0.25) is 4.79 Å². The maximum absolute atomic E-state index is 11.8. The fraction of sp³-hybridized carbons (Fsp3) is 0.350. The number of anilines is 1. The molecule has 1 aliphatic rings. The normalized spacial score (nSPS) is 13.2. The Morgan fingerprint density at radius 2 is 1.88 bits per heavy atom. The number of fused-ring (bicyclic) bond motifs is 1. The second-order valence-corrected chi connectivity index (χ2v) is 6.02. The van der Waals surface area contributed by atoms with E-state index in [-0.39, 0.29) is 12.5 Å². The number of carbonyl (C=O) groups is 1. The van der Waals surface area contributed by atoms with Crippen molar-refractivity contribution in [2.75, 3.05) is 31.1 Å². The van der Waals surface area contributed by atoms with E-state index in [1.807, 2.05) is 30.3 Å². The van der Waals surface area contributed by atoms with E-state index in [1.165, 1.54) is 24.1 Å². The number of carbonyl (C=O) groups excluding carboxylic acids is 1. The van der Waals surface area contributed by atoms with Gasteiger partial charge in [-0.15, -0.1) is 0 Å². The van der Waals surface area contributed by atoms with E-state index in [2.05, 4.69) is 34.5 Å². The molecule has 1 amide bonds. The van der Waals surface area contributed by atoms with Crippen molar-refractivity contribution in [3.8, 4) is 5.75 Å². The number of hydrogen-bond acceptors (Lipinski definition) is 3. The van der Waals surface area contributed by atoms with E-state index in [0.29, 0.717) is 6.54 Å². The first kappa shape index (κ1) is 16.4. The quantitative estimate of drug-likeness (QED) is 0.796. The molecule has 0 unspecified atom stereocenters. The van der Waals surface area contributed by atoms with E-state index < -0.39 is 0 Å². The van der Waals surface area contributed by atoms with Gasteiger partial charge in [-0.2, -0.15) is 0 Å². The monoisotopic (exact) mass is 324 g/mol. The van der Waals surface area contributed by atoms with Crippen LogP contribution in [0, 0.1) is 0 Å². The molecule has 0 saturated carbocycles. The molecule has 0 aliphatic carbocycles. The third-order valence-electron chi connectivity index (χ3n) is 4.25. The second kappa shape index (κ2) is 8.39. The first-order valence-corrected chi connectivity index (χ1v) is 8.60. The van der Waals surface area contributed by atoms with Crippen LogP contribution >= 0.6 is 0 Å². The zero-order valence-electron chi connectivity index (χ0n) is 13.9. The molecule has 3 rings (SSSR count). The van der Waals surface area contributed by atoms with Gasteiger partial charge >= 0.3 is 0 Å². The summed E-state index contributed by atoms with van der Waals surface area (Å²) in [4.78, 5) is 14.2. The lowest BCUT2D eigenvalue weighted by Crippen LogP contribution is -2.34. The third kappa shape index (κ3) is 4.51. The van der Waals surface area contributed by atoms with Crippen LogP contribution in [-0.2, 0) is 11.2 Å². The lowest BCUT2D eigenvalue weighted by Gasteiger charge is -2.31. The van der Waals surface area contributed by atoms with Crippen molar-refractivity contribution in [2.45, 2.75) is 19.3 Å². The summed E-state index contributed by atoms with van der Waals surface area (Å²) in [6, 6.07) is 18.0. The van der Waals surface area contributed by atoms with Crippen molar-refractivity contribution >= 4 is 11.6 Å². The van der Waals surface area contributed by atoms with Gasteiger partial charge in [-0.25, -0.2) is 0 Å². The molecule has 24 heavy (non-hydrogen) atoms. The van der Waals surface area contributed by atoms with Crippen LogP contribution < -0.4 is 15.0 Å². The molecule has 2 aromatic rings. The Balaban J connectivity index is 1.36. The third-order valence-corrected chi connectivity index (χ3v) is 4.25. The van der Waals surface area contributed by atoms with E-state index in [9.17, 15) is 4.79 Å². The molecule has 0 radical (unpaired) electrons. The van der Waals surface area contributed by atoms with Crippen LogP contribution in [0.2, 0.25) is 0 Å². The Labute approximate surface area is 143 Å². The molecule has 0 aromatic heterocycles. The molecule has 1 N–H and O–H groups in total. The van der Waals surface area contributed by atoms with Gasteiger partial charge in [-0.1, -0.05) is 36.4 Å². The lowest BCUT2D eigenvalue weighted by molar-refractivity contribution is -0.123. The number of amides is 1. The highest BCUT2D eigenvalue weighted by molar-refractivity contribution is 5.77. The molecule has 1 aliphatic heterocycles. The highest BCUT2D eigenvalue weighted by Crippen LogP contribution is 2.26. The maximum atomic E-state index is 11.8. The number of para-hydroxylation sites is 2. The topological polar surface area (TPSA) is 41.6 Å². The lowest BCUT2D eigenvalue weighted by atomic mass is 10.0. The second-order valence-electron chi connectivity index (χ2n) is 6.02. The first-order chi connectivity index (χ1) is 11.8. The summed E-state index contributed by atoms with van der Waals surface area (Å²) in [6.45, 7) is 2.81. The predicted octanol–water partition coefficient (Wildman–Crippen LogP) is 3.02. The minimum atomic E-state index is -0.0714. The Kier molecular flexibility index (Phi) is 5.72. The molecule has 2 aromatic carbocycles. The molecule has 1 heterocycles. The van der Waals surface area contributed by atoms with Crippen LogP contribution in [0.5, 0.6) is 5.75 Å². The molecule has 126 valence electrons. The average molecular weight is 324 g/mol. The number of rotatable bonds is 7. The van der Waals surface area contributed by atoms with Crippen LogP contribution in [0.4, 0.5) is 5.69 Å². The van der Waals surface area contributed by atoms with E-state index in [0.717, 1.165) is 25.3 Å². The first-order valence-electron chi connectivity index (χ1n) is 8.60. The minimum Gasteiger partial charge on any atom is -0.484 e. The summed E-state index contributed by atoms with van der Waals surface area (Å²) >= 11 is 0. The molecular formula is C20H24N2O2. The van der Waals surface area contributed by atoms with Gasteiger partial charge in [-0.05, 0) is 43.0 Å². The van der Waals surface area contributed by atoms with Crippen LogP contribution in [-0.4, -0.2) is 32.1 Å². The maximum Gasteiger partial charge on any atom is 0.257 e. The van der Waals surface area contributed by atoms with Gasteiger partial charge in [0.05, 0.1) is 0 Å². The van der Waals surface area contributed by atoms with Gasteiger partial charge < -0.3 is 15.0 Å². The molecule has 4 heteroatoms. The predicted molar refractivity (Wildman–Crippen MR) is 96.5 cm³/mol. The number of aryl methyl sites for hydroxylation is 1. The number of nitrogens with one attached hydrogen (secondary N) is 1. The zero-order chi connectivity index (χ0) is 16.6. The Bertz CT molecular complexity index is 658. The van der Waals surface area contributed by atoms with Crippen molar-refractivity contribution in [1.82, 2.24) is 5.32 Å². The van der Waals surface area contributed by atoms with Crippen LogP contribution in [0.3, 0.4) is 0 Å². The summed E-state index contributed by atoms with van der Waals surface area (Å²) in [7, 11) is 0. The molecule has 0 fully saturated rings. The SMILES string of the molecule is O=C(COc1ccccc1)NCCCN1CCCc2ccccc21. The number of hydrogen-bond donors (Lipinski definition) is 1. The van der Waals surface area contributed by atoms with Gasteiger partial charge in [0.25, 0.3) is 5.91 Å². The molecular weight excluding hydrogens is 300 g/mol. The van der Waals surface area contributed by atoms with E-state index in [4.69, 9.17) is 4.74 Å².